The summed E-state index contributed by atoms with van der Waals surface area (Å²) < 4.78 is 0. The summed E-state index contributed by atoms with van der Waals surface area (Å²) in [5.74, 6) is 2.79. The van der Waals surface area contributed by atoms with E-state index in [-0.39, 0.29) is 0 Å². The van der Waals surface area contributed by atoms with Crippen molar-refractivity contribution in [2.24, 2.45) is 17.8 Å². The molecule has 0 nitrogen and oxygen atoms in total. The van der Waals surface area contributed by atoms with E-state index in [1.54, 1.807) is 0 Å². The van der Waals surface area contributed by atoms with E-state index in [0.717, 1.165) is 17.8 Å². The molecule has 0 aromatic heterocycles. The van der Waals surface area contributed by atoms with Crippen molar-refractivity contribution in [3.05, 3.63) is 0 Å². The lowest BCUT2D eigenvalue weighted by molar-refractivity contribution is 0.309. The predicted octanol–water partition coefficient (Wildman–Crippen LogP) is 4.89. The second-order valence-electron chi connectivity index (χ2n) is 5.03. The topological polar surface area (TPSA) is 0 Å². The zero-order chi connectivity index (χ0) is 10.3. The molecule has 0 aliphatic carbocycles. The molecule has 80 valence electrons. The second kappa shape index (κ2) is 7.41. The third-order valence-electron chi connectivity index (χ3n) is 2.93. The average molecular weight is 184 g/mol. The third kappa shape index (κ3) is 7.10. The highest BCUT2D eigenvalue weighted by molar-refractivity contribution is 4.64. The first-order valence-electron chi connectivity index (χ1n) is 6.10. The number of hydrogen-bond donors (Lipinski definition) is 0. The van der Waals surface area contributed by atoms with E-state index in [1.165, 1.54) is 32.1 Å². The Bertz CT molecular complexity index is 105. The molecule has 0 saturated heterocycles. The molecule has 0 rings (SSSR count). The van der Waals surface area contributed by atoms with Crippen molar-refractivity contribution in [2.75, 3.05) is 0 Å². The molecule has 0 spiro atoms. The molecule has 0 radical (unpaired) electrons. The molecule has 0 aromatic rings. The summed E-state index contributed by atoms with van der Waals surface area (Å²) in [4.78, 5) is 0. The van der Waals surface area contributed by atoms with Crippen LogP contribution in [0.4, 0.5) is 0 Å². The SMILES string of the molecule is CCCC(CC(C)C)CC(C)CC. The van der Waals surface area contributed by atoms with Crippen LogP contribution in [0.1, 0.15) is 66.7 Å². The summed E-state index contributed by atoms with van der Waals surface area (Å²) in [7, 11) is 0. The van der Waals surface area contributed by atoms with Gasteiger partial charge in [-0.2, -0.15) is 0 Å². The Kier molecular flexibility index (Phi) is 7.41. The van der Waals surface area contributed by atoms with E-state index in [4.69, 9.17) is 0 Å². The van der Waals surface area contributed by atoms with Crippen LogP contribution in [-0.2, 0) is 0 Å². The fraction of sp³-hybridized carbons (Fsp3) is 1.00. The first kappa shape index (κ1) is 13.0. The summed E-state index contributed by atoms with van der Waals surface area (Å²) >= 11 is 0. The van der Waals surface area contributed by atoms with Crippen LogP contribution in [-0.4, -0.2) is 0 Å². The zero-order valence-corrected chi connectivity index (χ0v) is 10.3. The van der Waals surface area contributed by atoms with Crippen molar-refractivity contribution >= 4 is 0 Å². The summed E-state index contributed by atoms with van der Waals surface area (Å²) in [5.41, 5.74) is 0. The lowest BCUT2D eigenvalue weighted by Crippen LogP contribution is -2.09. The van der Waals surface area contributed by atoms with Gasteiger partial charge in [0.1, 0.15) is 0 Å². The normalized spacial score (nSPS) is 16.2. The Labute approximate surface area is 85.1 Å². The van der Waals surface area contributed by atoms with Crippen molar-refractivity contribution in [1.29, 1.82) is 0 Å². The van der Waals surface area contributed by atoms with E-state index in [2.05, 4.69) is 34.6 Å². The van der Waals surface area contributed by atoms with Crippen LogP contribution in [0, 0.1) is 17.8 Å². The molecule has 0 aliphatic heterocycles. The minimum atomic E-state index is 0.876. The van der Waals surface area contributed by atoms with Gasteiger partial charge in [0.2, 0.25) is 0 Å². The first-order chi connectivity index (χ1) is 6.10. The average Bonchev–Trinajstić information content (AvgIpc) is 2.03. The van der Waals surface area contributed by atoms with Crippen LogP contribution >= 0.6 is 0 Å². The van der Waals surface area contributed by atoms with Gasteiger partial charge in [0, 0.05) is 0 Å². The highest BCUT2D eigenvalue weighted by atomic mass is 14.2. The minimum absolute atomic E-state index is 0.876. The fourth-order valence-electron chi connectivity index (χ4n) is 2.14. The van der Waals surface area contributed by atoms with Crippen molar-refractivity contribution in [1.82, 2.24) is 0 Å². The molecule has 0 N–H and O–H groups in total. The molecule has 2 atom stereocenters. The van der Waals surface area contributed by atoms with Gasteiger partial charge in [0.25, 0.3) is 0 Å². The molecule has 0 aromatic carbocycles. The highest BCUT2D eigenvalue weighted by Gasteiger charge is 2.12. The summed E-state index contributed by atoms with van der Waals surface area (Å²) in [5, 5.41) is 0. The van der Waals surface area contributed by atoms with E-state index >= 15 is 0 Å². The smallest absolute Gasteiger partial charge is 0.0409 e. The molecule has 2 unspecified atom stereocenters. The number of rotatable bonds is 7. The predicted molar refractivity (Wildman–Crippen MR) is 61.9 cm³/mol. The zero-order valence-electron chi connectivity index (χ0n) is 10.3. The molecule has 0 bridgehead atoms. The Morgan fingerprint density at radius 3 is 1.92 bits per heavy atom. The van der Waals surface area contributed by atoms with Gasteiger partial charge in [-0.05, 0) is 30.6 Å². The molecule has 13 heavy (non-hydrogen) atoms. The Balaban J connectivity index is 3.78. The van der Waals surface area contributed by atoms with Gasteiger partial charge >= 0.3 is 0 Å². The van der Waals surface area contributed by atoms with Gasteiger partial charge in [0.05, 0.1) is 0 Å². The standard InChI is InChI=1S/C13H28/c1-6-8-13(9-11(3)4)10-12(5)7-2/h11-13H,6-10H2,1-5H3. The Morgan fingerprint density at radius 1 is 0.923 bits per heavy atom. The molecular weight excluding hydrogens is 156 g/mol. The first-order valence-corrected chi connectivity index (χ1v) is 6.10. The van der Waals surface area contributed by atoms with Crippen LogP contribution < -0.4 is 0 Å². The molecule has 0 saturated carbocycles. The van der Waals surface area contributed by atoms with Crippen LogP contribution in [0.2, 0.25) is 0 Å². The van der Waals surface area contributed by atoms with Crippen molar-refractivity contribution in [2.45, 2.75) is 66.7 Å². The summed E-state index contributed by atoms with van der Waals surface area (Å²) in [6, 6.07) is 0. The van der Waals surface area contributed by atoms with Crippen LogP contribution in [0.5, 0.6) is 0 Å². The van der Waals surface area contributed by atoms with Gasteiger partial charge in [-0.15, -0.1) is 0 Å². The molecular formula is C13H28. The maximum Gasteiger partial charge on any atom is -0.0409 e. The van der Waals surface area contributed by atoms with Gasteiger partial charge < -0.3 is 0 Å². The van der Waals surface area contributed by atoms with Gasteiger partial charge in [-0.3, -0.25) is 0 Å². The maximum absolute atomic E-state index is 2.39. The van der Waals surface area contributed by atoms with E-state index < -0.39 is 0 Å². The molecule has 0 aliphatic rings. The quantitative estimate of drug-likeness (QED) is 0.528. The summed E-state index contributed by atoms with van der Waals surface area (Å²) in [6.45, 7) is 11.7. The number of hydrogen-bond acceptors (Lipinski definition) is 0. The molecule has 0 amide bonds. The summed E-state index contributed by atoms with van der Waals surface area (Å²) in [6.07, 6.45) is 7.01. The molecule has 0 heteroatoms. The Hall–Kier alpha value is 0. The van der Waals surface area contributed by atoms with E-state index in [0.29, 0.717) is 0 Å². The fourth-order valence-corrected chi connectivity index (χ4v) is 2.14. The maximum atomic E-state index is 2.39. The third-order valence-corrected chi connectivity index (χ3v) is 2.93. The second-order valence-corrected chi connectivity index (χ2v) is 5.03. The van der Waals surface area contributed by atoms with Crippen molar-refractivity contribution < 1.29 is 0 Å². The molecule has 0 heterocycles. The van der Waals surface area contributed by atoms with E-state index in [9.17, 15) is 0 Å². The largest absolute Gasteiger partial charge is 0.0654 e. The lowest BCUT2D eigenvalue weighted by Gasteiger charge is -2.21. The van der Waals surface area contributed by atoms with E-state index in [1.807, 2.05) is 0 Å². The van der Waals surface area contributed by atoms with Crippen LogP contribution in [0.3, 0.4) is 0 Å². The van der Waals surface area contributed by atoms with Crippen molar-refractivity contribution in [3.8, 4) is 0 Å². The monoisotopic (exact) mass is 184 g/mol. The van der Waals surface area contributed by atoms with Crippen LogP contribution in [0.15, 0.2) is 0 Å². The highest BCUT2D eigenvalue weighted by Crippen LogP contribution is 2.25. The van der Waals surface area contributed by atoms with Gasteiger partial charge in [-0.1, -0.05) is 53.9 Å². The van der Waals surface area contributed by atoms with Crippen molar-refractivity contribution in [3.63, 3.8) is 0 Å². The van der Waals surface area contributed by atoms with Gasteiger partial charge in [0.15, 0.2) is 0 Å². The molecule has 0 fully saturated rings. The minimum Gasteiger partial charge on any atom is -0.0654 e. The van der Waals surface area contributed by atoms with Gasteiger partial charge in [-0.25, -0.2) is 0 Å². The lowest BCUT2D eigenvalue weighted by atomic mass is 9.85. The Morgan fingerprint density at radius 2 is 1.54 bits per heavy atom. The van der Waals surface area contributed by atoms with Crippen LogP contribution in [0.25, 0.3) is 0 Å².